The summed E-state index contributed by atoms with van der Waals surface area (Å²) in [5.74, 6) is 2.49. The smallest absolute Gasteiger partial charge is 0.139 e. The molecule has 2 heterocycles. The summed E-state index contributed by atoms with van der Waals surface area (Å²) in [5, 5.41) is 11.2. The van der Waals surface area contributed by atoms with Gasteiger partial charge >= 0.3 is 0 Å². The van der Waals surface area contributed by atoms with Gasteiger partial charge < -0.3 is 10.6 Å². The Bertz CT molecular complexity index is 617. The number of nitrogens with zero attached hydrogens (tertiary/aromatic N) is 4. The predicted molar refractivity (Wildman–Crippen MR) is 86.2 cm³/mol. The first-order valence-electron chi connectivity index (χ1n) is 7.43. The van der Waals surface area contributed by atoms with E-state index in [0.29, 0.717) is 0 Å². The molecule has 0 saturated heterocycles. The minimum Gasteiger partial charge on any atom is -0.370 e. The summed E-state index contributed by atoms with van der Waals surface area (Å²) in [7, 11) is 1.93. The molecular formula is C15H24N6. The molecule has 0 spiro atoms. The van der Waals surface area contributed by atoms with Crippen LogP contribution < -0.4 is 10.6 Å². The van der Waals surface area contributed by atoms with Crippen molar-refractivity contribution >= 4 is 17.3 Å². The molecule has 0 aliphatic heterocycles. The van der Waals surface area contributed by atoms with Gasteiger partial charge in [0.15, 0.2) is 0 Å². The maximum absolute atomic E-state index is 4.52. The first-order chi connectivity index (χ1) is 10.0. The van der Waals surface area contributed by atoms with Crippen molar-refractivity contribution in [1.29, 1.82) is 0 Å². The molecule has 0 atom stereocenters. The van der Waals surface area contributed by atoms with E-state index >= 15 is 0 Å². The molecule has 21 heavy (non-hydrogen) atoms. The zero-order chi connectivity index (χ0) is 15.4. The molecule has 0 bridgehead atoms. The van der Waals surface area contributed by atoms with E-state index in [2.05, 4.69) is 39.5 Å². The van der Waals surface area contributed by atoms with Gasteiger partial charge in [0.05, 0.1) is 11.4 Å². The van der Waals surface area contributed by atoms with Gasteiger partial charge in [-0.1, -0.05) is 13.8 Å². The van der Waals surface area contributed by atoms with E-state index < -0.39 is 0 Å². The fourth-order valence-corrected chi connectivity index (χ4v) is 2.19. The molecule has 2 aromatic heterocycles. The number of anilines is 3. The largest absolute Gasteiger partial charge is 0.370 e. The van der Waals surface area contributed by atoms with Crippen molar-refractivity contribution in [3.05, 3.63) is 23.3 Å². The third-order valence-electron chi connectivity index (χ3n) is 3.29. The third-order valence-corrected chi connectivity index (χ3v) is 3.29. The molecule has 0 radical (unpaired) electrons. The SMILES string of the molecule is CCCNc1nc(C)nc(Nc2cn(C)nc2CC)c1C. The maximum Gasteiger partial charge on any atom is 0.139 e. The van der Waals surface area contributed by atoms with Crippen molar-refractivity contribution in [3.63, 3.8) is 0 Å². The Labute approximate surface area is 126 Å². The van der Waals surface area contributed by atoms with Crippen molar-refractivity contribution < 1.29 is 0 Å². The van der Waals surface area contributed by atoms with Gasteiger partial charge in [-0.2, -0.15) is 5.10 Å². The first-order valence-corrected chi connectivity index (χ1v) is 7.43. The summed E-state index contributed by atoms with van der Waals surface area (Å²) in [6.07, 6.45) is 3.93. The lowest BCUT2D eigenvalue weighted by Crippen LogP contribution is -2.09. The topological polar surface area (TPSA) is 67.7 Å². The van der Waals surface area contributed by atoms with E-state index in [9.17, 15) is 0 Å². The highest BCUT2D eigenvalue weighted by Gasteiger charge is 2.12. The fourth-order valence-electron chi connectivity index (χ4n) is 2.19. The van der Waals surface area contributed by atoms with Gasteiger partial charge in [0.25, 0.3) is 0 Å². The van der Waals surface area contributed by atoms with Crippen LogP contribution >= 0.6 is 0 Å². The van der Waals surface area contributed by atoms with E-state index in [1.807, 2.05) is 31.8 Å². The standard InChI is InChI=1S/C15H24N6/c1-6-8-16-14-10(3)15(18-11(4)17-14)19-13-9-21(5)20-12(13)7-2/h9H,6-8H2,1-5H3,(H2,16,17,18,19). The van der Waals surface area contributed by atoms with Crippen LogP contribution in [0.4, 0.5) is 17.3 Å². The molecule has 0 saturated carbocycles. The lowest BCUT2D eigenvalue weighted by atomic mass is 10.2. The van der Waals surface area contributed by atoms with Gasteiger partial charge in [-0.15, -0.1) is 0 Å². The molecule has 6 nitrogen and oxygen atoms in total. The second-order valence-electron chi connectivity index (χ2n) is 5.16. The Kier molecular flexibility index (Phi) is 4.77. The van der Waals surface area contributed by atoms with Crippen LogP contribution in [0.1, 0.15) is 37.4 Å². The lowest BCUT2D eigenvalue weighted by molar-refractivity contribution is 0.746. The summed E-state index contributed by atoms with van der Waals surface area (Å²) < 4.78 is 1.82. The number of rotatable bonds is 6. The summed E-state index contributed by atoms with van der Waals surface area (Å²) in [5.41, 5.74) is 3.07. The number of hydrogen-bond donors (Lipinski definition) is 2. The number of hydrogen-bond acceptors (Lipinski definition) is 5. The van der Waals surface area contributed by atoms with Gasteiger partial charge in [0.2, 0.25) is 0 Å². The molecular weight excluding hydrogens is 264 g/mol. The quantitative estimate of drug-likeness (QED) is 0.855. The van der Waals surface area contributed by atoms with Crippen LogP contribution in [-0.4, -0.2) is 26.3 Å². The molecule has 114 valence electrons. The Morgan fingerprint density at radius 2 is 1.86 bits per heavy atom. The molecule has 2 aromatic rings. The third kappa shape index (κ3) is 3.51. The maximum atomic E-state index is 4.52. The molecule has 6 heteroatoms. The van der Waals surface area contributed by atoms with Crippen molar-refractivity contribution in [2.24, 2.45) is 7.05 Å². The van der Waals surface area contributed by atoms with Gasteiger partial charge in [-0.05, 0) is 26.7 Å². The Morgan fingerprint density at radius 1 is 1.14 bits per heavy atom. The molecule has 0 aliphatic carbocycles. The highest BCUT2D eigenvalue weighted by atomic mass is 15.3. The number of aryl methyl sites for hydroxylation is 3. The average Bonchev–Trinajstić information content (AvgIpc) is 2.80. The van der Waals surface area contributed by atoms with Crippen LogP contribution in [-0.2, 0) is 13.5 Å². The second kappa shape index (κ2) is 6.56. The minimum absolute atomic E-state index is 0.753. The van der Waals surface area contributed by atoms with Crippen molar-refractivity contribution in [1.82, 2.24) is 19.7 Å². The Morgan fingerprint density at radius 3 is 2.52 bits per heavy atom. The number of aromatic nitrogens is 4. The van der Waals surface area contributed by atoms with Crippen LogP contribution in [0.2, 0.25) is 0 Å². The molecule has 0 aliphatic rings. The van der Waals surface area contributed by atoms with Gasteiger partial charge in [-0.3, -0.25) is 4.68 Å². The second-order valence-corrected chi connectivity index (χ2v) is 5.16. The highest BCUT2D eigenvalue weighted by Crippen LogP contribution is 2.25. The lowest BCUT2D eigenvalue weighted by Gasteiger charge is -2.13. The summed E-state index contributed by atoms with van der Waals surface area (Å²) in [6, 6.07) is 0. The van der Waals surface area contributed by atoms with E-state index in [1.165, 1.54) is 0 Å². The fraction of sp³-hybridized carbons (Fsp3) is 0.533. The number of nitrogens with one attached hydrogen (secondary N) is 2. The van der Waals surface area contributed by atoms with Crippen molar-refractivity contribution in [2.45, 2.75) is 40.5 Å². The molecule has 0 aromatic carbocycles. The normalized spacial score (nSPS) is 10.7. The van der Waals surface area contributed by atoms with E-state index in [4.69, 9.17) is 0 Å². The van der Waals surface area contributed by atoms with E-state index in [-0.39, 0.29) is 0 Å². The zero-order valence-corrected chi connectivity index (χ0v) is 13.5. The summed E-state index contributed by atoms with van der Waals surface area (Å²) in [4.78, 5) is 9.00. The van der Waals surface area contributed by atoms with Crippen molar-refractivity contribution in [3.8, 4) is 0 Å². The molecule has 0 fully saturated rings. The zero-order valence-electron chi connectivity index (χ0n) is 13.5. The highest BCUT2D eigenvalue weighted by molar-refractivity contribution is 5.65. The van der Waals surface area contributed by atoms with Gasteiger partial charge in [-0.25, -0.2) is 9.97 Å². The Balaban J connectivity index is 2.32. The van der Waals surface area contributed by atoms with Crippen LogP contribution in [0.25, 0.3) is 0 Å². The molecule has 2 N–H and O–H groups in total. The van der Waals surface area contributed by atoms with E-state index in [0.717, 1.165) is 53.8 Å². The first kappa shape index (κ1) is 15.3. The molecule has 0 amide bonds. The predicted octanol–water partition coefficient (Wildman–Crippen LogP) is 2.95. The monoisotopic (exact) mass is 288 g/mol. The van der Waals surface area contributed by atoms with Crippen LogP contribution in [0.5, 0.6) is 0 Å². The van der Waals surface area contributed by atoms with Gasteiger partial charge in [0, 0.05) is 25.4 Å². The van der Waals surface area contributed by atoms with Crippen LogP contribution in [0.15, 0.2) is 6.20 Å². The van der Waals surface area contributed by atoms with Crippen LogP contribution in [0, 0.1) is 13.8 Å². The van der Waals surface area contributed by atoms with Gasteiger partial charge in [0.1, 0.15) is 17.5 Å². The van der Waals surface area contributed by atoms with E-state index in [1.54, 1.807) is 0 Å². The minimum atomic E-state index is 0.753. The molecule has 2 rings (SSSR count). The van der Waals surface area contributed by atoms with Crippen molar-refractivity contribution in [2.75, 3.05) is 17.2 Å². The summed E-state index contributed by atoms with van der Waals surface area (Å²) in [6.45, 7) is 9.08. The average molecular weight is 288 g/mol. The van der Waals surface area contributed by atoms with Crippen LogP contribution in [0.3, 0.4) is 0 Å². The summed E-state index contributed by atoms with van der Waals surface area (Å²) >= 11 is 0. The molecule has 0 unspecified atom stereocenters. The Hall–Kier alpha value is -2.11.